The predicted octanol–water partition coefficient (Wildman–Crippen LogP) is -3.19. The van der Waals surface area contributed by atoms with Crippen molar-refractivity contribution in [2.45, 2.75) is 93.6 Å². The average molecular weight is 894 g/mol. The average Bonchev–Trinajstić information content (AvgIpc) is 3.26. The lowest BCUT2D eigenvalue weighted by atomic mass is 9.97. The quantitative estimate of drug-likeness (QED) is 0.0351. The molecule has 2 aliphatic rings. The molecule has 13 N–H and O–H groups in total. The van der Waals surface area contributed by atoms with Gasteiger partial charge in [0.1, 0.15) is 42.7 Å². The Bertz CT molecular complexity index is 1950. The first-order chi connectivity index (χ1) is 30.2. The van der Waals surface area contributed by atoms with E-state index in [9.17, 15) is 45.0 Å². The second-order valence-corrected chi connectivity index (χ2v) is 14.6. The number of ether oxygens (including phenoxy) is 7. The summed E-state index contributed by atoms with van der Waals surface area (Å²) in [4.78, 5) is 54.9. The summed E-state index contributed by atoms with van der Waals surface area (Å²) >= 11 is 0. The number of carbonyl (C=O) groups is 3. The number of primary amides is 1. The van der Waals surface area contributed by atoms with Crippen molar-refractivity contribution in [2.24, 2.45) is 5.73 Å². The lowest BCUT2D eigenvalue weighted by molar-refractivity contribution is -0.367. The van der Waals surface area contributed by atoms with Gasteiger partial charge in [0, 0.05) is 25.7 Å². The molecule has 10 atom stereocenters. The number of esters is 1. The number of carbonyl (C=O) groups excluding carboxylic acids is 3. The highest BCUT2D eigenvalue weighted by Crippen LogP contribution is 2.31. The third-order valence-electron chi connectivity index (χ3n) is 9.99. The molecule has 0 unspecified atom stereocenters. The van der Waals surface area contributed by atoms with Crippen molar-refractivity contribution in [1.29, 1.82) is 0 Å². The number of benzene rings is 1. The van der Waals surface area contributed by atoms with Crippen molar-refractivity contribution in [3.8, 4) is 0 Å². The summed E-state index contributed by atoms with van der Waals surface area (Å²) in [6.07, 6.45) is -13.8. The van der Waals surface area contributed by atoms with E-state index in [0.717, 1.165) is 5.69 Å². The van der Waals surface area contributed by atoms with Crippen LogP contribution in [0, 0.1) is 0 Å². The Kier molecular flexibility index (Phi) is 18.2. The first-order valence-electron chi connectivity index (χ1n) is 20.1. The normalized spacial score (nSPS) is 26.0. The largest absolute Gasteiger partial charge is 0.462 e. The number of nitrogens with one attached hydrogen (secondary N) is 1. The fraction of sp³-hybridized carbons (Fsp3) is 0.605. The number of nitrogens with zero attached hydrogens (tertiary/aromatic N) is 5. The van der Waals surface area contributed by atoms with Crippen LogP contribution in [0.4, 0.5) is 22.2 Å². The Morgan fingerprint density at radius 3 is 2.25 bits per heavy atom. The number of nitrogens with two attached hydrogens (primary N) is 3. The second-order valence-electron chi connectivity index (χ2n) is 14.6. The van der Waals surface area contributed by atoms with Gasteiger partial charge in [0.05, 0.1) is 63.6 Å². The third-order valence-corrected chi connectivity index (χ3v) is 9.99. The number of anilines is 3. The zero-order chi connectivity index (χ0) is 45.6. The molecule has 2 fully saturated rings. The zero-order valence-electron chi connectivity index (χ0n) is 34.4. The van der Waals surface area contributed by atoms with E-state index in [1.54, 1.807) is 30.5 Å². The summed E-state index contributed by atoms with van der Waals surface area (Å²) < 4.78 is 38.0. The molecule has 1 aromatic carbocycles. The van der Waals surface area contributed by atoms with Crippen LogP contribution in [0.25, 0.3) is 11.2 Å². The lowest BCUT2D eigenvalue weighted by Gasteiger charge is -2.46. The molecule has 25 heteroatoms. The van der Waals surface area contributed by atoms with Gasteiger partial charge in [-0.1, -0.05) is 0 Å². The van der Waals surface area contributed by atoms with Crippen molar-refractivity contribution in [3.63, 3.8) is 0 Å². The van der Waals surface area contributed by atoms with Gasteiger partial charge in [0.2, 0.25) is 11.9 Å². The molecule has 2 saturated heterocycles. The maximum Gasteiger partial charge on any atom is 0.404 e. The molecule has 63 heavy (non-hydrogen) atoms. The van der Waals surface area contributed by atoms with Gasteiger partial charge in [-0.2, -0.15) is 9.97 Å². The van der Waals surface area contributed by atoms with Gasteiger partial charge < -0.3 is 91.2 Å². The van der Waals surface area contributed by atoms with Crippen LogP contribution >= 0.6 is 0 Å². The van der Waals surface area contributed by atoms with Crippen LogP contribution in [0.1, 0.15) is 41.7 Å². The summed E-state index contributed by atoms with van der Waals surface area (Å²) in [6, 6.07) is 6.92. The maximum absolute atomic E-state index is 12.6. The molecule has 0 saturated carbocycles. The van der Waals surface area contributed by atoms with Crippen LogP contribution in [0.5, 0.6) is 0 Å². The third kappa shape index (κ3) is 13.4. The molecule has 4 heterocycles. The number of hydrogen-bond acceptors (Lipinski definition) is 23. The first kappa shape index (κ1) is 48.8. The van der Waals surface area contributed by atoms with Crippen LogP contribution in [0.2, 0.25) is 0 Å². The Hall–Kier alpha value is -5.19. The standard InChI is InChI=1S/C38H55N9O16/c1-47(16-20-15-43-33-25(44-20)32(39)45-37(40)46-33)21-8-6-19(7-9-21)34(55)58-11-4-2-3-5-24(50)42-10-12-57-13-14-59-36-31(28(53)26(51)22(17-48)61-36)62-35-29(54)30(63-38(41)56)27(52)23(18-49)60-35/h6-9,15,22-23,26-31,35-36,48-49,51-54H,2-5,10-14,16-18H2,1H3,(H2,41,56)(H,42,50)(H4,39,40,43,45,46)/t22-,23+,26+,27+,28-,29-,30-,31-,35+,36-/m0/s1. The molecule has 3 aromatic rings. The van der Waals surface area contributed by atoms with Gasteiger partial charge in [-0.15, -0.1) is 0 Å². The highest BCUT2D eigenvalue weighted by atomic mass is 16.8. The zero-order valence-corrected chi connectivity index (χ0v) is 34.4. The van der Waals surface area contributed by atoms with Gasteiger partial charge in [0.15, 0.2) is 35.7 Å². The Morgan fingerprint density at radius 1 is 0.825 bits per heavy atom. The van der Waals surface area contributed by atoms with Crippen molar-refractivity contribution in [1.82, 2.24) is 25.3 Å². The molecule has 0 aliphatic carbocycles. The van der Waals surface area contributed by atoms with Crippen LogP contribution in [0.3, 0.4) is 0 Å². The minimum Gasteiger partial charge on any atom is -0.462 e. The van der Waals surface area contributed by atoms with E-state index in [0.29, 0.717) is 48.2 Å². The molecule has 348 valence electrons. The number of rotatable bonds is 22. The van der Waals surface area contributed by atoms with Gasteiger partial charge in [-0.3, -0.25) is 4.79 Å². The van der Waals surface area contributed by atoms with E-state index >= 15 is 0 Å². The minimum atomic E-state index is -1.87. The number of hydrogen-bond donors (Lipinski definition) is 10. The molecular formula is C38H55N9O16. The number of unbranched alkanes of at least 4 members (excludes halogenated alkanes) is 2. The molecule has 0 radical (unpaired) electrons. The van der Waals surface area contributed by atoms with E-state index in [-0.39, 0.29) is 57.1 Å². The van der Waals surface area contributed by atoms with Crippen molar-refractivity contribution in [2.75, 3.05) is 69.6 Å². The number of aliphatic hydroxyl groups is 6. The summed E-state index contributed by atoms with van der Waals surface area (Å²) in [5.74, 6) is -0.504. The highest BCUT2D eigenvalue weighted by molar-refractivity contribution is 5.89. The summed E-state index contributed by atoms with van der Waals surface area (Å²) in [5.41, 5.74) is 19.1. The van der Waals surface area contributed by atoms with Crippen LogP contribution < -0.4 is 27.4 Å². The van der Waals surface area contributed by atoms with Crippen LogP contribution in [0.15, 0.2) is 30.5 Å². The van der Waals surface area contributed by atoms with Gasteiger partial charge in [-0.05, 0) is 43.5 Å². The molecular weight excluding hydrogens is 838 g/mol. The smallest absolute Gasteiger partial charge is 0.404 e. The Balaban J connectivity index is 0.938. The SMILES string of the molecule is CN(Cc1cnc2nc(N)nc(N)c2n1)c1ccc(C(=O)OCCCCCC(=O)NCCOCCO[C@H]2O[C@@H](CO)[C@@H](O)[C@H](O)[C@@H]2O[C@H]2O[C@H](CO)[C@@H](O)[C@H](OC(N)=O)[C@@H]2O)cc1. The number of aromatic nitrogens is 4. The van der Waals surface area contributed by atoms with Crippen molar-refractivity contribution >= 4 is 46.6 Å². The number of fused-ring (bicyclic) bond motifs is 1. The fourth-order valence-corrected chi connectivity index (χ4v) is 6.66. The van der Waals surface area contributed by atoms with Crippen molar-refractivity contribution < 1.29 is 78.2 Å². The van der Waals surface area contributed by atoms with E-state index in [1.165, 1.54) is 0 Å². The maximum atomic E-state index is 12.6. The molecule has 2 amide bonds. The Labute approximate surface area is 360 Å². The molecule has 2 aromatic heterocycles. The van der Waals surface area contributed by atoms with Gasteiger partial charge >= 0.3 is 12.1 Å². The fourth-order valence-electron chi connectivity index (χ4n) is 6.66. The van der Waals surface area contributed by atoms with E-state index in [4.69, 9.17) is 50.4 Å². The van der Waals surface area contributed by atoms with Gasteiger partial charge in [0.25, 0.3) is 0 Å². The van der Waals surface area contributed by atoms with Crippen LogP contribution in [-0.2, 0) is 44.5 Å². The summed E-state index contributed by atoms with van der Waals surface area (Å²) in [6.45, 7) is -0.760. The molecule has 5 rings (SSSR count). The van der Waals surface area contributed by atoms with E-state index in [1.807, 2.05) is 11.9 Å². The highest BCUT2D eigenvalue weighted by Gasteiger charge is 2.52. The van der Waals surface area contributed by atoms with Crippen molar-refractivity contribution in [3.05, 3.63) is 41.7 Å². The molecule has 0 spiro atoms. The van der Waals surface area contributed by atoms with Crippen LogP contribution in [-0.4, -0.2) is 183 Å². The summed E-state index contributed by atoms with van der Waals surface area (Å²) in [7, 11) is 1.86. The lowest BCUT2D eigenvalue weighted by Crippen LogP contribution is -2.65. The number of nitrogen functional groups attached to an aromatic ring is 2. The van der Waals surface area contributed by atoms with Gasteiger partial charge in [-0.25, -0.2) is 19.6 Å². The Morgan fingerprint density at radius 2 is 1.54 bits per heavy atom. The minimum absolute atomic E-state index is 0.0169. The number of amides is 2. The number of aliphatic hydroxyl groups excluding tert-OH is 6. The van der Waals surface area contributed by atoms with E-state index < -0.39 is 86.7 Å². The van der Waals surface area contributed by atoms with E-state index in [2.05, 4.69) is 25.3 Å². The molecule has 25 nitrogen and oxygen atoms in total. The molecule has 0 bridgehead atoms. The topological polar surface area (TPSA) is 382 Å². The second kappa shape index (κ2) is 23.5. The first-order valence-corrected chi connectivity index (χ1v) is 20.1. The predicted molar refractivity (Wildman–Crippen MR) is 216 cm³/mol. The summed E-state index contributed by atoms with van der Waals surface area (Å²) in [5, 5.41) is 64.3. The molecule has 2 aliphatic heterocycles. The monoisotopic (exact) mass is 893 g/mol.